The van der Waals surface area contributed by atoms with Crippen LogP contribution in [0.15, 0.2) is 36.8 Å². The highest BCUT2D eigenvalue weighted by Crippen LogP contribution is 2.36. The maximum Gasteiger partial charge on any atom is 0.233 e. The molecular weight excluding hydrogens is 408 g/mol. The van der Waals surface area contributed by atoms with E-state index in [-0.39, 0.29) is 12.1 Å². The molecule has 0 spiro atoms. The fraction of sp³-hybridized carbons (Fsp3) is 0.409. The Morgan fingerprint density at radius 1 is 1.06 bits per heavy atom. The molecule has 0 radical (unpaired) electrons. The number of anilines is 1. The summed E-state index contributed by atoms with van der Waals surface area (Å²) in [6.07, 6.45) is 9.62. The summed E-state index contributed by atoms with van der Waals surface area (Å²) in [7, 11) is 5.36. The molecule has 5 rings (SSSR count). The molecule has 10 heteroatoms. The van der Waals surface area contributed by atoms with Crippen molar-refractivity contribution in [3.8, 4) is 23.0 Å². The first-order valence-electron chi connectivity index (χ1n) is 10.7. The molecular formula is C22H26N8O2. The minimum atomic E-state index is 0.114. The number of ether oxygens (including phenoxy) is 2. The zero-order chi connectivity index (χ0) is 22.1. The third-order valence-corrected chi connectivity index (χ3v) is 5.93. The van der Waals surface area contributed by atoms with Gasteiger partial charge in [0.15, 0.2) is 0 Å². The van der Waals surface area contributed by atoms with Crippen molar-refractivity contribution in [2.75, 3.05) is 19.5 Å². The summed E-state index contributed by atoms with van der Waals surface area (Å²) in [5.41, 5.74) is 2.98. The topological polar surface area (TPSA) is 105 Å². The number of aryl methyl sites for hydroxylation is 1. The molecule has 1 aliphatic carbocycles. The third-order valence-electron chi connectivity index (χ3n) is 5.93. The summed E-state index contributed by atoms with van der Waals surface area (Å²) in [6, 6.07) is 5.91. The minimum Gasteiger partial charge on any atom is -0.480 e. The molecule has 4 aromatic heterocycles. The first-order valence-corrected chi connectivity index (χ1v) is 10.7. The number of hydrogen-bond donors (Lipinski definition) is 1. The summed E-state index contributed by atoms with van der Waals surface area (Å²) in [5, 5.41) is 21.6. The van der Waals surface area contributed by atoms with Crippen LogP contribution in [0.5, 0.6) is 11.8 Å². The number of aromatic nitrogens is 7. The van der Waals surface area contributed by atoms with Crippen LogP contribution in [0.3, 0.4) is 0 Å². The van der Waals surface area contributed by atoms with Gasteiger partial charge >= 0.3 is 0 Å². The number of methoxy groups -OCH3 is 1. The second-order valence-corrected chi connectivity index (χ2v) is 7.99. The van der Waals surface area contributed by atoms with Gasteiger partial charge in [0.1, 0.15) is 17.6 Å². The Morgan fingerprint density at radius 2 is 1.84 bits per heavy atom. The van der Waals surface area contributed by atoms with Crippen LogP contribution in [0.4, 0.5) is 5.82 Å². The average molecular weight is 435 g/mol. The van der Waals surface area contributed by atoms with Gasteiger partial charge in [-0.25, -0.2) is 4.98 Å². The average Bonchev–Trinajstić information content (AvgIpc) is 3.43. The Hall–Kier alpha value is -3.69. The number of nitrogens with zero attached hydrogens (tertiary/aromatic N) is 7. The molecule has 1 N–H and O–H groups in total. The standard InChI is InChI=1S/C22H26N8O2/c1-23-19-10-18-17(12-24-19)22(14-11-25-29(2)13-14)28-30(18)15-4-6-16(7-5-15)32-21-9-8-20(31-3)26-27-21/h8-13,15-16H,4-7H2,1-3H3,(H,23,24). The summed E-state index contributed by atoms with van der Waals surface area (Å²) in [5.74, 6) is 1.83. The largest absolute Gasteiger partial charge is 0.480 e. The number of nitrogens with one attached hydrogen (secondary N) is 1. The second-order valence-electron chi connectivity index (χ2n) is 7.99. The van der Waals surface area contributed by atoms with Gasteiger partial charge < -0.3 is 14.8 Å². The molecule has 0 atom stereocenters. The van der Waals surface area contributed by atoms with Gasteiger partial charge in [0.05, 0.1) is 24.9 Å². The van der Waals surface area contributed by atoms with E-state index in [1.807, 2.05) is 32.7 Å². The van der Waals surface area contributed by atoms with Crippen LogP contribution in [-0.2, 0) is 7.05 Å². The van der Waals surface area contributed by atoms with Gasteiger partial charge in [0.25, 0.3) is 0 Å². The summed E-state index contributed by atoms with van der Waals surface area (Å²) < 4.78 is 15.1. The molecule has 0 saturated heterocycles. The second kappa shape index (κ2) is 8.45. The number of pyridine rings is 1. The Bertz CT molecular complexity index is 1210. The lowest BCUT2D eigenvalue weighted by molar-refractivity contribution is 0.124. The highest BCUT2D eigenvalue weighted by Gasteiger charge is 2.27. The number of fused-ring (bicyclic) bond motifs is 1. The maximum absolute atomic E-state index is 6.05. The van der Waals surface area contributed by atoms with Crippen LogP contribution in [0.25, 0.3) is 22.2 Å². The van der Waals surface area contributed by atoms with Gasteiger partial charge in [-0.3, -0.25) is 9.36 Å². The van der Waals surface area contributed by atoms with Crippen LogP contribution in [0.2, 0.25) is 0 Å². The molecule has 0 aromatic carbocycles. The molecule has 4 heterocycles. The highest BCUT2D eigenvalue weighted by molar-refractivity contribution is 5.93. The molecule has 32 heavy (non-hydrogen) atoms. The molecule has 1 aliphatic rings. The normalized spacial score (nSPS) is 18.6. The van der Waals surface area contributed by atoms with Gasteiger partial charge in [0, 0.05) is 55.6 Å². The van der Waals surface area contributed by atoms with Crippen LogP contribution < -0.4 is 14.8 Å². The van der Waals surface area contributed by atoms with Crippen molar-refractivity contribution in [1.29, 1.82) is 0 Å². The van der Waals surface area contributed by atoms with E-state index < -0.39 is 0 Å². The fourth-order valence-corrected chi connectivity index (χ4v) is 4.26. The third kappa shape index (κ3) is 3.83. The quantitative estimate of drug-likeness (QED) is 0.493. The molecule has 0 aliphatic heterocycles. The zero-order valence-corrected chi connectivity index (χ0v) is 18.4. The summed E-state index contributed by atoms with van der Waals surface area (Å²) >= 11 is 0. The van der Waals surface area contributed by atoms with Gasteiger partial charge in [-0.1, -0.05) is 0 Å². The molecule has 1 fully saturated rings. The van der Waals surface area contributed by atoms with E-state index in [9.17, 15) is 0 Å². The molecule has 166 valence electrons. The predicted octanol–water partition coefficient (Wildman–Crippen LogP) is 3.23. The van der Waals surface area contributed by atoms with Crippen molar-refractivity contribution < 1.29 is 9.47 Å². The molecule has 0 bridgehead atoms. The summed E-state index contributed by atoms with van der Waals surface area (Å²) in [4.78, 5) is 4.51. The van der Waals surface area contributed by atoms with Gasteiger partial charge in [-0.05, 0) is 25.7 Å². The molecule has 1 saturated carbocycles. The van der Waals surface area contributed by atoms with Crippen molar-refractivity contribution >= 4 is 16.7 Å². The Morgan fingerprint density at radius 3 is 2.50 bits per heavy atom. The molecule has 0 unspecified atom stereocenters. The van der Waals surface area contributed by atoms with Crippen molar-refractivity contribution in [1.82, 2.24) is 34.7 Å². The van der Waals surface area contributed by atoms with E-state index in [0.717, 1.165) is 53.7 Å². The minimum absolute atomic E-state index is 0.114. The lowest BCUT2D eigenvalue weighted by atomic mass is 9.93. The van der Waals surface area contributed by atoms with E-state index in [1.165, 1.54) is 0 Å². The smallest absolute Gasteiger partial charge is 0.233 e. The van der Waals surface area contributed by atoms with Crippen LogP contribution in [0, 0.1) is 0 Å². The van der Waals surface area contributed by atoms with Gasteiger partial charge in [-0.15, -0.1) is 10.2 Å². The van der Waals surface area contributed by atoms with Crippen molar-refractivity contribution in [3.63, 3.8) is 0 Å². The van der Waals surface area contributed by atoms with E-state index in [2.05, 4.69) is 36.3 Å². The van der Waals surface area contributed by atoms with E-state index >= 15 is 0 Å². The first-order chi connectivity index (χ1) is 15.6. The molecule has 0 amide bonds. The Labute approximate surface area is 185 Å². The van der Waals surface area contributed by atoms with Crippen molar-refractivity contribution in [2.24, 2.45) is 7.05 Å². The van der Waals surface area contributed by atoms with Crippen molar-refractivity contribution in [2.45, 2.75) is 37.8 Å². The highest BCUT2D eigenvalue weighted by atomic mass is 16.5. The van der Waals surface area contributed by atoms with Gasteiger partial charge in [0.2, 0.25) is 11.8 Å². The SMILES string of the molecule is CNc1cc2c(cn1)c(-c1cnn(C)c1)nn2C1CCC(Oc2ccc(OC)nn2)CC1. The predicted molar refractivity (Wildman–Crippen MR) is 120 cm³/mol. The zero-order valence-electron chi connectivity index (χ0n) is 18.4. The monoisotopic (exact) mass is 434 g/mol. The van der Waals surface area contributed by atoms with Crippen molar-refractivity contribution in [3.05, 3.63) is 36.8 Å². The lowest BCUT2D eigenvalue weighted by Crippen LogP contribution is -2.26. The van der Waals surface area contributed by atoms with Crippen LogP contribution in [-0.4, -0.2) is 55.0 Å². The van der Waals surface area contributed by atoms with E-state index in [1.54, 1.807) is 23.9 Å². The maximum atomic E-state index is 6.05. The Balaban J connectivity index is 1.37. The molecule has 4 aromatic rings. The number of rotatable bonds is 6. The van der Waals surface area contributed by atoms with Crippen LogP contribution >= 0.6 is 0 Å². The fourth-order valence-electron chi connectivity index (χ4n) is 4.26. The van der Waals surface area contributed by atoms with E-state index in [0.29, 0.717) is 11.8 Å². The summed E-state index contributed by atoms with van der Waals surface area (Å²) in [6.45, 7) is 0. The number of hydrogen-bond acceptors (Lipinski definition) is 8. The molecule has 10 nitrogen and oxygen atoms in total. The van der Waals surface area contributed by atoms with E-state index in [4.69, 9.17) is 14.6 Å². The Kier molecular flexibility index (Phi) is 5.34. The lowest BCUT2D eigenvalue weighted by Gasteiger charge is -2.29. The van der Waals surface area contributed by atoms with Gasteiger partial charge in [-0.2, -0.15) is 10.2 Å². The first kappa shape index (κ1) is 20.2. The van der Waals surface area contributed by atoms with Crippen LogP contribution in [0.1, 0.15) is 31.7 Å².